The fourth-order valence-corrected chi connectivity index (χ4v) is 5.02. The van der Waals surface area contributed by atoms with Gasteiger partial charge < -0.3 is 5.32 Å². The van der Waals surface area contributed by atoms with Crippen molar-refractivity contribution in [2.45, 2.75) is 55.2 Å². The van der Waals surface area contributed by atoms with Crippen molar-refractivity contribution < 1.29 is 8.42 Å². The van der Waals surface area contributed by atoms with Crippen LogP contribution in [0, 0.1) is 5.92 Å². The molecule has 0 bridgehead atoms. The van der Waals surface area contributed by atoms with E-state index in [0.29, 0.717) is 16.8 Å². The molecule has 1 aromatic rings. The average Bonchev–Trinajstić information content (AvgIpc) is 3.08. The maximum absolute atomic E-state index is 12.2. The molecule has 118 valence electrons. The van der Waals surface area contributed by atoms with Crippen molar-refractivity contribution in [2.24, 2.45) is 5.92 Å². The van der Waals surface area contributed by atoms with Gasteiger partial charge in [0.2, 0.25) is 10.0 Å². The van der Waals surface area contributed by atoms with E-state index in [9.17, 15) is 8.42 Å². The molecule has 3 rings (SSSR count). The number of hydrogen-bond acceptors (Lipinski definition) is 4. The number of rotatable bonds is 9. The highest BCUT2D eigenvalue weighted by atomic mass is 32.2. The zero-order valence-corrected chi connectivity index (χ0v) is 13.9. The van der Waals surface area contributed by atoms with Crippen molar-refractivity contribution in [1.29, 1.82) is 0 Å². The lowest BCUT2D eigenvalue weighted by Gasteiger charge is -2.24. The molecule has 1 heterocycles. The molecular formula is C15H24N2O2S2. The molecule has 2 N–H and O–H groups in total. The second kappa shape index (κ2) is 6.77. The summed E-state index contributed by atoms with van der Waals surface area (Å²) in [5, 5.41) is 3.45. The minimum absolute atomic E-state index is 0.456. The van der Waals surface area contributed by atoms with Gasteiger partial charge in [0, 0.05) is 24.0 Å². The van der Waals surface area contributed by atoms with Gasteiger partial charge in [-0.05, 0) is 43.7 Å². The van der Waals surface area contributed by atoms with Crippen molar-refractivity contribution in [1.82, 2.24) is 10.0 Å². The van der Waals surface area contributed by atoms with E-state index in [1.54, 1.807) is 6.07 Å². The standard InChI is InChI=1S/C15H24N2O2S2/c18-21(19,17-11-8-12-2-1-3-12)15-7-6-14(20-15)9-10-16-13-4-5-13/h6-7,12-13,16-17H,1-5,8-11H2. The van der Waals surface area contributed by atoms with E-state index in [0.717, 1.165) is 30.2 Å². The number of thiophene rings is 1. The molecule has 0 unspecified atom stereocenters. The highest BCUT2D eigenvalue weighted by Crippen LogP contribution is 2.29. The summed E-state index contributed by atoms with van der Waals surface area (Å²) in [6.45, 7) is 1.52. The molecule has 0 radical (unpaired) electrons. The summed E-state index contributed by atoms with van der Waals surface area (Å²) in [7, 11) is -3.30. The smallest absolute Gasteiger partial charge is 0.250 e. The van der Waals surface area contributed by atoms with E-state index in [-0.39, 0.29) is 0 Å². The first-order valence-corrected chi connectivity index (χ1v) is 10.3. The molecule has 21 heavy (non-hydrogen) atoms. The summed E-state index contributed by atoms with van der Waals surface area (Å²) in [6, 6.07) is 4.39. The first-order valence-electron chi connectivity index (χ1n) is 7.95. The Hall–Kier alpha value is -0.430. The number of sulfonamides is 1. The Morgan fingerprint density at radius 3 is 2.62 bits per heavy atom. The Bertz CT molecular complexity index is 560. The van der Waals surface area contributed by atoms with Crippen LogP contribution >= 0.6 is 11.3 Å². The second-order valence-corrected chi connectivity index (χ2v) is 9.34. The maximum Gasteiger partial charge on any atom is 0.250 e. The fourth-order valence-electron chi connectivity index (χ4n) is 2.57. The summed E-state index contributed by atoms with van der Waals surface area (Å²) in [4.78, 5) is 1.14. The lowest BCUT2D eigenvalue weighted by molar-refractivity contribution is 0.297. The van der Waals surface area contributed by atoms with Crippen LogP contribution in [0.15, 0.2) is 16.3 Å². The summed E-state index contributed by atoms with van der Waals surface area (Å²) in [5.74, 6) is 0.736. The van der Waals surface area contributed by atoms with E-state index in [1.807, 2.05) is 6.07 Å². The van der Waals surface area contributed by atoms with Crippen molar-refractivity contribution >= 4 is 21.4 Å². The van der Waals surface area contributed by atoms with Crippen molar-refractivity contribution in [2.75, 3.05) is 13.1 Å². The zero-order chi connectivity index (χ0) is 14.7. The second-order valence-electron chi connectivity index (χ2n) is 6.18. The molecular weight excluding hydrogens is 304 g/mol. The summed E-state index contributed by atoms with van der Waals surface area (Å²) < 4.78 is 27.6. The molecule has 0 aromatic carbocycles. The van der Waals surface area contributed by atoms with Gasteiger partial charge in [0.25, 0.3) is 0 Å². The minimum atomic E-state index is -3.30. The summed E-state index contributed by atoms with van der Waals surface area (Å²) in [5.41, 5.74) is 0. The van der Waals surface area contributed by atoms with E-state index in [2.05, 4.69) is 10.0 Å². The Labute approximate surface area is 131 Å². The van der Waals surface area contributed by atoms with Gasteiger partial charge in [0.05, 0.1) is 0 Å². The Balaban J connectivity index is 1.45. The number of hydrogen-bond donors (Lipinski definition) is 2. The molecule has 4 nitrogen and oxygen atoms in total. The Kier molecular flexibility index (Phi) is 4.99. The third-order valence-electron chi connectivity index (χ3n) is 4.35. The molecule has 0 atom stereocenters. The van der Waals surface area contributed by atoms with E-state index >= 15 is 0 Å². The van der Waals surface area contributed by atoms with Crippen LogP contribution in [0.25, 0.3) is 0 Å². The lowest BCUT2D eigenvalue weighted by atomic mass is 9.83. The van der Waals surface area contributed by atoms with Gasteiger partial charge in [-0.25, -0.2) is 13.1 Å². The largest absolute Gasteiger partial charge is 0.314 e. The van der Waals surface area contributed by atoms with Gasteiger partial charge in [0.15, 0.2) is 0 Å². The van der Waals surface area contributed by atoms with Crippen LogP contribution in [0.2, 0.25) is 0 Å². The van der Waals surface area contributed by atoms with E-state index in [1.165, 1.54) is 43.4 Å². The number of nitrogens with one attached hydrogen (secondary N) is 2. The Morgan fingerprint density at radius 2 is 1.95 bits per heavy atom. The fraction of sp³-hybridized carbons (Fsp3) is 0.733. The van der Waals surface area contributed by atoms with Gasteiger partial charge in [-0.15, -0.1) is 11.3 Å². The molecule has 0 saturated heterocycles. The predicted molar refractivity (Wildman–Crippen MR) is 86.2 cm³/mol. The van der Waals surface area contributed by atoms with Gasteiger partial charge in [-0.1, -0.05) is 19.3 Å². The van der Waals surface area contributed by atoms with Crippen molar-refractivity contribution in [3.8, 4) is 0 Å². The van der Waals surface area contributed by atoms with Crippen molar-refractivity contribution in [3.63, 3.8) is 0 Å². The molecule has 2 fully saturated rings. The normalized spacial score (nSPS) is 19.6. The average molecular weight is 329 g/mol. The zero-order valence-electron chi connectivity index (χ0n) is 12.3. The highest BCUT2D eigenvalue weighted by molar-refractivity contribution is 7.91. The molecule has 0 amide bonds. The monoisotopic (exact) mass is 328 g/mol. The van der Waals surface area contributed by atoms with E-state index < -0.39 is 10.0 Å². The summed E-state index contributed by atoms with van der Waals surface area (Å²) in [6.07, 6.45) is 8.30. The third kappa shape index (κ3) is 4.52. The van der Waals surface area contributed by atoms with Gasteiger partial charge in [0.1, 0.15) is 4.21 Å². The molecule has 6 heteroatoms. The first kappa shape index (κ1) is 15.5. The van der Waals surface area contributed by atoms with Crippen LogP contribution in [0.5, 0.6) is 0 Å². The van der Waals surface area contributed by atoms with Gasteiger partial charge >= 0.3 is 0 Å². The maximum atomic E-state index is 12.2. The third-order valence-corrected chi connectivity index (χ3v) is 7.45. The van der Waals surface area contributed by atoms with Crippen molar-refractivity contribution in [3.05, 3.63) is 17.0 Å². The van der Waals surface area contributed by atoms with Crippen LogP contribution < -0.4 is 10.0 Å². The SMILES string of the molecule is O=S(=O)(NCCC1CCC1)c1ccc(CCNC2CC2)s1. The van der Waals surface area contributed by atoms with Gasteiger partial charge in [-0.2, -0.15) is 0 Å². The minimum Gasteiger partial charge on any atom is -0.314 e. The predicted octanol–water partition coefficient (Wildman–Crippen LogP) is 2.51. The molecule has 2 saturated carbocycles. The molecule has 0 spiro atoms. The molecule has 1 aromatic heterocycles. The topological polar surface area (TPSA) is 58.2 Å². The van der Waals surface area contributed by atoms with Gasteiger partial charge in [-0.3, -0.25) is 0 Å². The first-order chi connectivity index (χ1) is 10.1. The Morgan fingerprint density at radius 1 is 1.14 bits per heavy atom. The summed E-state index contributed by atoms with van der Waals surface area (Å²) >= 11 is 1.40. The van der Waals surface area contributed by atoms with Crippen LogP contribution in [0.1, 0.15) is 43.4 Å². The van der Waals surface area contributed by atoms with Crippen LogP contribution in [-0.2, 0) is 16.4 Å². The molecule has 0 aliphatic heterocycles. The highest BCUT2D eigenvalue weighted by Gasteiger charge is 2.21. The lowest BCUT2D eigenvalue weighted by Crippen LogP contribution is -2.27. The molecule has 2 aliphatic rings. The van der Waals surface area contributed by atoms with Crippen LogP contribution in [0.3, 0.4) is 0 Å². The van der Waals surface area contributed by atoms with Crippen LogP contribution in [-0.4, -0.2) is 27.5 Å². The van der Waals surface area contributed by atoms with Crippen LogP contribution in [0.4, 0.5) is 0 Å². The van der Waals surface area contributed by atoms with E-state index in [4.69, 9.17) is 0 Å². The quantitative estimate of drug-likeness (QED) is 0.732. The molecule has 2 aliphatic carbocycles.